The topological polar surface area (TPSA) is 15.3 Å². The SMILES string of the molecule is CNCC#CC1CCN(C)C1. The van der Waals surface area contributed by atoms with Crippen molar-refractivity contribution < 1.29 is 0 Å². The van der Waals surface area contributed by atoms with Crippen LogP contribution in [0.5, 0.6) is 0 Å². The molecule has 1 saturated heterocycles. The van der Waals surface area contributed by atoms with Gasteiger partial charge in [-0.1, -0.05) is 11.8 Å². The number of rotatable bonds is 1. The molecule has 0 saturated carbocycles. The zero-order chi connectivity index (χ0) is 8.10. The summed E-state index contributed by atoms with van der Waals surface area (Å²) in [6.45, 7) is 3.18. The number of nitrogens with zero attached hydrogens (tertiary/aromatic N) is 1. The lowest BCUT2D eigenvalue weighted by molar-refractivity contribution is 0.409. The van der Waals surface area contributed by atoms with Gasteiger partial charge in [-0.25, -0.2) is 0 Å². The Balaban J connectivity index is 2.23. The molecular formula is C9H16N2. The first-order valence-electron chi connectivity index (χ1n) is 4.14. The summed E-state index contributed by atoms with van der Waals surface area (Å²) in [7, 11) is 4.08. The van der Waals surface area contributed by atoms with E-state index >= 15 is 0 Å². The number of nitrogens with one attached hydrogen (secondary N) is 1. The van der Waals surface area contributed by atoms with E-state index in [2.05, 4.69) is 29.1 Å². The maximum atomic E-state index is 3.26. The summed E-state index contributed by atoms with van der Waals surface area (Å²) >= 11 is 0. The molecule has 0 aliphatic carbocycles. The van der Waals surface area contributed by atoms with E-state index in [1.807, 2.05) is 7.05 Å². The van der Waals surface area contributed by atoms with Gasteiger partial charge in [0.25, 0.3) is 0 Å². The molecule has 11 heavy (non-hydrogen) atoms. The van der Waals surface area contributed by atoms with Crippen molar-refractivity contribution in [3.63, 3.8) is 0 Å². The van der Waals surface area contributed by atoms with Crippen molar-refractivity contribution in [1.29, 1.82) is 0 Å². The van der Waals surface area contributed by atoms with Crippen LogP contribution in [0.2, 0.25) is 0 Å². The van der Waals surface area contributed by atoms with Crippen molar-refractivity contribution in [2.24, 2.45) is 5.92 Å². The molecule has 0 amide bonds. The third kappa shape index (κ3) is 2.92. The van der Waals surface area contributed by atoms with E-state index in [0.717, 1.165) is 13.1 Å². The molecule has 1 unspecified atom stereocenters. The zero-order valence-corrected chi connectivity index (χ0v) is 7.35. The predicted molar refractivity (Wildman–Crippen MR) is 47.3 cm³/mol. The Kier molecular flexibility index (Phi) is 3.41. The highest BCUT2D eigenvalue weighted by atomic mass is 15.1. The van der Waals surface area contributed by atoms with Crippen LogP contribution in [0.15, 0.2) is 0 Å². The first-order valence-corrected chi connectivity index (χ1v) is 4.14. The Labute approximate surface area is 69.0 Å². The highest BCUT2D eigenvalue weighted by Crippen LogP contribution is 2.12. The Morgan fingerprint density at radius 2 is 2.45 bits per heavy atom. The summed E-state index contributed by atoms with van der Waals surface area (Å²) in [6.07, 6.45) is 1.24. The van der Waals surface area contributed by atoms with Crippen LogP contribution in [0.3, 0.4) is 0 Å². The zero-order valence-electron chi connectivity index (χ0n) is 7.35. The van der Waals surface area contributed by atoms with Crippen molar-refractivity contribution in [1.82, 2.24) is 10.2 Å². The monoisotopic (exact) mass is 152 g/mol. The highest BCUT2D eigenvalue weighted by Gasteiger charge is 2.16. The van der Waals surface area contributed by atoms with Gasteiger partial charge in [-0.2, -0.15) is 0 Å². The van der Waals surface area contributed by atoms with E-state index in [1.165, 1.54) is 13.0 Å². The predicted octanol–water partition coefficient (Wildman–Crippen LogP) is 0.161. The molecule has 0 aromatic heterocycles. The molecule has 62 valence electrons. The molecule has 1 atom stereocenters. The van der Waals surface area contributed by atoms with E-state index < -0.39 is 0 Å². The van der Waals surface area contributed by atoms with E-state index in [1.54, 1.807) is 0 Å². The van der Waals surface area contributed by atoms with Crippen LogP contribution in [-0.4, -0.2) is 38.6 Å². The van der Waals surface area contributed by atoms with Gasteiger partial charge in [-0.15, -0.1) is 0 Å². The normalized spacial score (nSPS) is 24.7. The first kappa shape index (κ1) is 8.58. The third-order valence-electron chi connectivity index (χ3n) is 1.96. The Morgan fingerprint density at radius 1 is 1.64 bits per heavy atom. The Hall–Kier alpha value is -0.520. The van der Waals surface area contributed by atoms with Gasteiger partial charge in [-0.3, -0.25) is 0 Å². The van der Waals surface area contributed by atoms with Crippen LogP contribution in [0.4, 0.5) is 0 Å². The molecule has 1 heterocycles. The third-order valence-corrected chi connectivity index (χ3v) is 1.96. The smallest absolute Gasteiger partial charge is 0.0574 e. The molecule has 1 aliphatic rings. The summed E-state index contributed by atoms with van der Waals surface area (Å²) in [5, 5.41) is 3.02. The van der Waals surface area contributed by atoms with Crippen LogP contribution in [0, 0.1) is 17.8 Å². The molecule has 2 nitrogen and oxygen atoms in total. The van der Waals surface area contributed by atoms with E-state index in [4.69, 9.17) is 0 Å². The molecule has 0 aromatic rings. The molecular weight excluding hydrogens is 136 g/mol. The lowest BCUT2D eigenvalue weighted by Gasteiger charge is -2.03. The lowest BCUT2D eigenvalue weighted by Crippen LogP contribution is -2.13. The van der Waals surface area contributed by atoms with Crippen LogP contribution in [0.1, 0.15) is 6.42 Å². The molecule has 1 rings (SSSR count). The standard InChI is InChI=1S/C9H16N2/c1-10-6-3-4-9-5-7-11(2)8-9/h9-10H,5-8H2,1-2H3. The van der Waals surface area contributed by atoms with E-state index in [0.29, 0.717) is 5.92 Å². The second-order valence-electron chi connectivity index (χ2n) is 3.10. The van der Waals surface area contributed by atoms with Crippen LogP contribution in [0.25, 0.3) is 0 Å². The van der Waals surface area contributed by atoms with Gasteiger partial charge in [0, 0.05) is 12.5 Å². The largest absolute Gasteiger partial charge is 0.309 e. The van der Waals surface area contributed by atoms with Gasteiger partial charge in [-0.05, 0) is 27.1 Å². The number of hydrogen-bond donors (Lipinski definition) is 1. The summed E-state index contributed by atoms with van der Waals surface area (Å²) in [6, 6.07) is 0. The van der Waals surface area contributed by atoms with E-state index in [-0.39, 0.29) is 0 Å². The quantitative estimate of drug-likeness (QED) is 0.538. The summed E-state index contributed by atoms with van der Waals surface area (Å²) < 4.78 is 0. The van der Waals surface area contributed by atoms with Gasteiger partial charge in [0.1, 0.15) is 0 Å². The minimum absolute atomic E-state index is 0.619. The molecule has 0 aromatic carbocycles. The minimum Gasteiger partial charge on any atom is -0.309 e. The molecule has 2 heteroatoms. The van der Waals surface area contributed by atoms with Crippen molar-refractivity contribution in [3.8, 4) is 11.8 Å². The fourth-order valence-corrected chi connectivity index (χ4v) is 1.34. The average Bonchev–Trinajstić information content (AvgIpc) is 2.37. The highest BCUT2D eigenvalue weighted by molar-refractivity contribution is 5.07. The molecule has 0 spiro atoms. The second kappa shape index (κ2) is 4.38. The second-order valence-corrected chi connectivity index (χ2v) is 3.10. The minimum atomic E-state index is 0.619. The van der Waals surface area contributed by atoms with Crippen LogP contribution in [-0.2, 0) is 0 Å². The van der Waals surface area contributed by atoms with Crippen LogP contribution >= 0.6 is 0 Å². The van der Waals surface area contributed by atoms with Crippen molar-refractivity contribution in [3.05, 3.63) is 0 Å². The lowest BCUT2D eigenvalue weighted by atomic mass is 10.1. The van der Waals surface area contributed by atoms with Gasteiger partial charge >= 0.3 is 0 Å². The molecule has 0 bridgehead atoms. The first-order chi connectivity index (χ1) is 5.33. The van der Waals surface area contributed by atoms with Crippen molar-refractivity contribution in [2.75, 3.05) is 33.7 Å². The molecule has 1 fully saturated rings. The van der Waals surface area contributed by atoms with Crippen molar-refractivity contribution >= 4 is 0 Å². The van der Waals surface area contributed by atoms with Gasteiger partial charge < -0.3 is 10.2 Å². The van der Waals surface area contributed by atoms with Gasteiger partial charge in [0.2, 0.25) is 0 Å². The molecule has 1 aliphatic heterocycles. The van der Waals surface area contributed by atoms with Gasteiger partial charge in [0.05, 0.1) is 6.54 Å². The fourth-order valence-electron chi connectivity index (χ4n) is 1.34. The Bertz CT molecular complexity index is 166. The Morgan fingerprint density at radius 3 is 3.00 bits per heavy atom. The summed E-state index contributed by atoms with van der Waals surface area (Å²) in [4.78, 5) is 2.33. The van der Waals surface area contributed by atoms with Crippen LogP contribution < -0.4 is 5.32 Å². The molecule has 1 N–H and O–H groups in total. The number of likely N-dealkylation sites (tertiary alicyclic amines) is 1. The molecule has 0 radical (unpaired) electrons. The van der Waals surface area contributed by atoms with E-state index in [9.17, 15) is 0 Å². The summed E-state index contributed by atoms with van der Waals surface area (Å²) in [5.41, 5.74) is 0. The number of hydrogen-bond acceptors (Lipinski definition) is 2. The van der Waals surface area contributed by atoms with Gasteiger partial charge in [0.15, 0.2) is 0 Å². The maximum Gasteiger partial charge on any atom is 0.0574 e. The maximum absolute atomic E-state index is 3.26. The van der Waals surface area contributed by atoms with Crippen molar-refractivity contribution in [2.45, 2.75) is 6.42 Å². The average molecular weight is 152 g/mol. The summed E-state index contributed by atoms with van der Waals surface area (Å²) in [5.74, 6) is 6.99. The fraction of sp³-hybridized carbons (Fsp3) is 0.778.